The van der Waals surface area contributed by atoms with Gasteiger partial charge in [-0.2, -0.15) is 0 Å². The number of hydrogen-bond acceptors (Lipinski definition) is 3. The quantitative estimate of drug-likeness (QED) is 0.755. The van der Waals surface area contributed by atoms with Crippen molar-refractivity contribution in [2.45, 2.75) is 19.8 Å². The maximum Gasteiger partial charge on any atom is 0.210 e. The first-order valence-electron chi connectivity index (χ1n) is 5.96. The predicted molar refractivity (Wildman–Crippen MR) is 74.7 cm³/mol. The van der Waals surface area contributed by atoms with Crippen LogP contribution >= 0.6 is 11.3 Å². The van der Waals surface area contributed by atoms with Gasteiger partial charge >= 0.3 is 0 Å². The van der Waals surface area contributed by atoms with E-state index in [1.165, 1.54) is 16.9 Å². The van der Waals surface area contributed by atoms with Crippen molar-refractivity contribution in [3.8, 4) is 5.75 Å². The Bertz CT molecular complexity index is 498. The van der Waals surface area contributed by atoms with Gasteiger partial charge in [0.05, 0.1) is 4.88 Å². The van der Waals surface area contributed by atoms with Crippen molar-refractivity contribution in [3.63, 3.8) is 0 Å². The monoisotopic (exact) mass is 260 g/mol. The smallest absolute Gasteiger partial charge is 0.210 e. The van der Waals surface area contributed by atoms with Crippen molar-refractivity contribution < 1.29 is 9.53 Å². The van der Waals surface area contributed by atoms with Crippen molar-refractivity contribution in [1.29, 1.82) is 0 Å². The van der Waals surface area contributed by atoms with Gasteiger partial charge in [0, 0.05) is 0 Å². The van der Waals surface area contributed by atoms with Gasteiger partial charge in [0.25, 0.3) is 0 Å². The van der Waals surface area contributed by atoms with Crippen LogP contribution in [-0.2, 0) is 0 Å². The van der Waals surface area contributed by atoms with Crippen LogP contribution < -0.4 is 4.74 Å². The molecule has 0 aliphatic carbocycles. The first kappa shape index (κ1) is 12.8. The van der Waals surface area contributed by atoms with Crippen LogP contribution in [-0.4, -0.2) is 12.4 Å². The number of carbonyl (C=O) groups excluding carboxylic acids is 1. The molecule has 0 unspecified atom stereocenters. The molecule has 0 radical (unpaired) electrons. The second kappa shape index (κ2) is 5.83. The Kier molecular flexibility index (Phi) is 4.15. The first-order valence-corrected chi connectivity index (χ1v) is 6.84. The number of carbonyl (C=O) groups is 1. The van der Waals surface area contributed by atoms with E-state index in [0.717, 1.165) is 10.6 Å². The molecule has 0 saturated carbocycles. The molecule has 0 bridgehead atoms. The Morgan fingerprint density at radius 2 is 1.94 bits per heavy atom. The van der Waals surface area contributed by atoms with Gasteiger partial charge < -0.3 is 4.74 Å². The summed E-state index contributed by atoms with van der Waals surface area (Å²) in [5.74, 6) is 1.27. The molecule has 18 heavy (non-hydrogen) atoms. The molecule has 2 rings (SSSR count). The van der Waals surface area contributed by atoms with Gasteiger partial charge in [-0.25, -0.2) is 0 Å². The molecule has 0 fully saturated rings. The van der Waals surface area contributed by atoms with Gasteiger partial charge in [0.1, 0.15) is 5.75 Å². The fourth-order valence-electron chi connectivity index (χ4n) is 1.61. The molecule has 1 heterocycles. The highest BCUT2D eigenvalue weighted by Gasteiger charge is 2.07. The lowest BCUT2D eigenvalue weighted by atomic mass is 10.0. The third-order valence-electron chi connectivity index (χ3n) is 2.71. The van der Waals surface area contributed by atoms with Crippen LogP contribution in [0.3, 0.4) is 0 Å². The fourth-order valence-corrected chi connectivity index (χ4v) is 2.26. The lowest BCUT2D eigenvalue weighted by Gasteiger charge is -2.08. The fraction of sp³-hybridized carbons (Fsp3) is 0.267. The molecule has 0 N–H and O–H groups in total. The average Bonchev–Trinajstić information content (AvgIpc) is 2.90. The van der Waals surface area contributed by atoms with Gasteiger partial charge in [-0.05, 0) is 35.1 Å². The zero-order valence-corrected chi connectivity index (χ0v) is 11.4. The number of Topliss-reactive ketones (excluding diaryl/α,β-unsaturated/α-hetero) is 1. The van der Waals surface area contributed by atoms with Gasteiger partial charge in [-0.3, -0.25) is 4.79 Å². The summed E-state index contributed by atoms with van der Waals surface area (Å²) in [5.41, 5.74) is 1.27. The van der Waals surface area contributed by atoms with Crippen molar-refractivity contribution in [2.75, 3.05) is 6.61 Å². The summed E-state index contributed by atoms with van der Waals surface area (Å²) in [6.07, 6.45) is 0. The summed E-state index contributed by atoms with van der Waals surface area (Å²) in [6.45, 7) is 4.40. The van der Waals surface area contributed by atoms with Gasteiger partial charge in [-0.15, -0.1) is 11.3 Å². The van der Waals surface area contributed by atoms with E-state index >= 15 is 0 Å². The molecule has 0 aliphatic rings. The first-order chi connectivity index (χ1) is 8.66. The minimum Gasteiger partial charge on any atom is -0.485 e. The standard InChI is InChI=1S/C15H16O2S/c1-11(2)12-5-7-13(8-6-12)17-10-14(16)15-4-3-9-18-15/h3-9,11H,10H2,1-2H3. The lowest BCUT2D eigenvalue weighted by Crippen LogP contribution is -2.10. The second-order valence-corrected chi connectivity index (χ2v) is 5.36. The number of benzene rings is 1. The van der Waals surface area contributed by atoms with Gasteiger partial charge in [0.15, 0.2) is 6.61 Å². The highest BCUT2D eigenvalue weighted by Crippen LogP contribution is 2.19. The van der Waals surface area contributed by atoms with Crippen LogP contribution in [0.15, 0.2) is 41.8 Å². The van der Waals surface area contributed by atoms with Crippen LogP contribution in [0, 0.1) is 0 Å². The largest absolute Gasteiger partial charge is 0.485 e. The normalized spacial score (nSPS) is 10.6. The third kappa shape index (κ3) is 3.20. The number of rotatable bonds is 5. The Morgan fingerprint density at radius 3 is 2.50 bits per heavy atom. The molecule has 1 aromatic heterocycles. The maximum atomic E-state index is 11.7. The molecule has 0 spiro atoms. The Balaban J connectivity index is 1.92. The molecule has 2 aromatic rings. The molecule has 0 atom stereocenters. The van der Waals surface area contributed by atoms with E-state index in [9.17, 15) is 4.79 Å². The molecular formula is C15H16O2S. The Morgan fingerprint density at radius 1 is 1.22 bits per heavy atom. The van der Waals surface area contributed by atoms with Crippen molar-refractivity contribution in [2.24, 2.45) is 0 Å². The van der Waals surface area contributed by atoms with E-state index < -0.39 is 0 Å². The van der Waals surface area contributed by atoms with Crippen LogP contribution in [0.1, 0.15) is 35.0 Å². The summed E-state index contributed by atoms with van der Waals surface area (Å²) < 4.78 is 5.48. The Hall–Kier alpha value is -1.61. The van der Waals surface area contributed by atoms with E-state index in [-0.39, 0.29) is 12.4 Å². The van der Waals surface area contributed by atoms with Gasteiger partial charge in [-0.1, -0.05) is 32.0 Å². The predicted octanol–water partition coefficient (Wildman–Crippen LogP) is 4.13. The second-order valence-electron chi connectivity index (χ2n) is 4.41. The maximum absolute atomic E-state index is 11.7. The molecular weight excluding hydrogens is 244 g/mol. The zero-order chi connectivity index (χ0) is 13.0. The van der Waals surface area contributed by atoms with Crippen LogP contribution in [0.25, 0.3) is 0 Å². The van der Waals surface area contributed by atoms with Crippen LogP contribution in [0.5, 0.6) is 5.75 Å². The summed E-state index contributed by atoms with van der Waals surface area (Å²) in [6, 6.07) is 11.6. The summed E-state index contributed by atoms with van der Waals surface area (Å²) >= 11 is 1.44. The summed E-state index contributed by atoms with van der Waals surface area (Å²) in [4.78, 5) is 12.5. The number of hydrogen-bond donors (Lipinski definition) is 0. The van der Waals surface area contributed by atoms with E-state index in [4.69, 9.17) is 4.74 Å². The molecule has 1 aromatic carbocycles. The summed E-state index contributed by atoms with van der Waals surface area (Å²) in [7, 11) is 0. The van der Waals surface area contributed by atoms with E-state index in [0.29, 0.717) is 5.92 Å². The average molecular weight is 260 g/mol. The molecule has 3 heteroatoms. The SMILES string of the molecule is CC(C)c1ccc(OCC(=O)c2cccs2)cc1. The van der Waals surface area contributed by atoms with Gasteiger partial charge in [0.2, 0.25) is 5.78 Å². The van der Waals surface area contributed by atoms with E-state index in [1.807, 2.05) is 41.8 Å². The number of ether oxygens (including phenoxy) is 1. The lowest BCUT2D eigenvalue weighted by molar-refractivity contribution is 0.0925. The third-order valence-corrected chi connectivity index (χ3v) is 3.62. The minimum absolute atomic E-state index is 0.0259. The van der Waals surface area contributed by atoms with Crippen molar-refractivity contribution >= 4 is 17.1 Å². The summed E-state index contributed by atoms with van der Waals surface area (Å²) in [5, 5.41) is 1.89. The van der Waals surface area contributed by atoms with E-state index in [2.05, 4.69) is 13.8 Å². The van der Waals surface area contributed by atoms with Crippen molar-refractivity contribution in [3.05, 3.63) is 52.2 Å². The topological polar surface area (TPSA) is 26.3 Å². The van der Waals surface area contributed by atoms with Crippen LogP contribution in [0.4, 0.5) is 0 Å². The van der Waals surface area contributed by atoms with Crippen molar-refractivity contribution in [1.82, 2.24) is 0 Å². The highest BCUT2D eigenvalue weighted by atomic mass is 32.1. The molecule has 2 nitrogen and oxygen atoms in total. The van der Waals surface area contributed by atoms with Crippen LogP contribution in [0.2, 0.25) is 0 Å². The Labute approximate surface area is 111 Å². The molecule has 0 saturated heterocycles. The highest BCUT2D eigenvalue weighted by molar-refractivity contribution is 7.12. The zero-order valence-electron chi connectivity index (χ0n) is 10.6. The molecule has 0 aliphatic heterocycles. The molecule has 94 valence electrons. The minimum atomic E-state index is 0.0259. The number of ketones is 1. The van der Waals surface area contributed by atoms with E-state index in [1.54, 1.807) is 0 Å². The molecule has 0 amide bonds. The number of thiophene rings is 1.